The van der Waals surface area contributed by atoms with Crippen molar-refractivity contribution in [3.63, 3.8) is 0 Å². The molecule has 0 radical (unpaired) electrons. The summed E-state index contributed by atoms with van der Waals surface area (Å²) < 4.78 is 8.22. The first-order valence-electron chi connectivity index (χ1n) is 15.4. The molecule has 0 spiro atoms. The molecule has 6 rings (SSSR count). The fourth-order valence-corrected chi connectivity index (χ4v) is 6.86. The van der Waals surface area contributed by atoms with Crippen molar-refractivity contribution in [3.8, 4) is 16.9 Å². The molecule has 46 heavy (non-hydrogen) atoms. The number of carbonyl (C=O) groups is 4. The molecule has 0 saturated carbocycles. The van der Waals surface area contributed by atoms with Crippen molar-refractivity contribution in [3.05, 3.63) is 71.7 Å². The summed E-state index contributed by atoms with van der Waals surface area (Å²) in [5.74, 6) is -1.66. The number of ether oxygens (including phenoxy) is 1. The van der Waals surface area contributed by atoms with Gasteiger partial charge < -0.3 is 25.3 Å². The number of para-hydroxylation sites is 1. The molecule has 2 saturated heterocycles. The molecule has 12 nitrogen and oxygen atoms in total. The molecule has 0 bridgehead atoms. The van der Waals surface area contributed by atoms with Gasteiger partial charge in [0.1, 0.15) is 18.1 Å². The van der Waals surface area contributed by atoms with Crippen LogP contribution in [0.2, 0.25) is 0 Å². The van der Waals surface area contributed by atoms with Gasteiger partial charge in [-0.25, -0.2) is 9.78 Å². The van der Waals surface area contributed by atoms with Crippen LogP contribution in [0.4, 0.5) is 5.69 Å². The Morgan fingerprint density at radius 3 is 2.67 bits per heavy atom. The molecule has 12 heteroatoms. The largest absolute Gasteiger partial charge is 0.490 e. The molecule has 2 fully saturated rings. The average Bonchev–Trinajstić information content (AvgIpc) is 3.66. The van der Waals surface area contributed by atoms with Crippen LogP contribution in [0.5, 0.6) is 5.75 Å². The minimum Gasteiger partial charge on any atom is -0.490 e. The van der Waals surface area contributed by atoms with Crippen LogP contribution in [0.15, 0.2) is 54.7 Å². The van der Waals surface area contributed by atoms with Crippen LogP contribution in [-0.4, -0.2) is 68.7 Å². The molecular weight excluding hydrogens is 588 g/mol. The van der Waals surface area contributed by atoms with E-state index in [-0.39, 0.29) is 42.0 Å². The number of nitrogens with zero attached hydrogens (tertiary/aromatic N) is 3. The summed E-state index contributed by atoms with van der Waals surface area (Å²) in [5, 5.41) is 24.5. The number of rotatable bonds is 10. The molecule has 5 atom stereocenters. The molecule has 2 aromatic heterocycles. The smallest absolute Gasteiger partial charge is 0.355 e. The maximum atomic E-state index is 12.6. The Balaban J connectivity index is 1.23. The second-order valence-electron chi connectivity index (χ2n) is 11.9. The number of amides is 2. The number of carboxylic acids is 1. The Kier molecular flexibility index (Phi) is 8.55. The van der Waals surface area contributed by atoms with Crippen molar-refractivity contribution in [2.75, 3.05) is 11.9 Å². The monoisotopic (exact) mass is 624 g/mol. The highest BCUT2D eigenvalue weighted by atomic mass is 16.5. The molecule has 2 aliphatic heterocycles. The zero-order valence-corrected chi connectivity index (χ0v) is 25.8. The summed E-state index contributed by atoms with van der Waals surface area (Å²) in [7, 11) is 1.80. The van der Waals surface area contributed by atoms with E-state index in [1.165, 1.54) is 6.20 Å². The molecule has 2 aromatic carbocycles. The summed E-state index contributed by atoms with van der Waals surface area (Å²) in [6, 6.07) is 13.8. The molecule has 0 unspecified atom stereocenters. The number of carbonyl (C=O) groups excluding carboxylic acids is 3. The molecule has 2 aliphatic rings. The highest BCUT2D eigenvalue weighted by Crippen LogP contribution is 2.36. The van der Waals surface area contributed by atoms with E-state index in [2.05, 4.69) is 26.0 Å². The number of nitrogens with one attached hydrogen (secondary N) is 3. The van der Waals surface area contributed by atoms with Gasteiger partial charge in [0.2, 0.25) is 11.8 Å². The van der Waals surface area contributed by atoms with Crippen LogP contribution < -0.4 is 20.7 Å². The van der Waals surface area contributed by atoms with E-state index in [0.717, 1.165) is 34.7 Å². The van der Waals surface area contributed by atoms with E-state index in [4.69, 9.17) is 4.74 Å². The van der Waals surface area contributed by atoms with Gasteiger partial charge in [-0.2, -0.15) is 5.10 Å². The fourth-order valence-electron chi connectivity index (χ4n) is 6.86. The summed E-state index contributed by atoms with van der Waals surface area (Å²) in [6.45, 7) is 4.59. The van der Waals surface area contributed by atoms with Gasteiger partial charge in [-0.1, -0.05) is 30.3 Å². The van der Waals surface area contributed by atoms with Gasteiger partial charge in [0.15, 0.2) is 5.69 Å². The number of aldehydes is 1. The van der Waals surface area contributed by atoms with Gasteiger partial charge in [-0.05, 0) is 62.6 Å². The summed E-state index contributed by atoms with van der Waals surface area (Å²) >= 11 is 0. The first-order valence-corrected chi connectivity index (χ1v) is 15.4. The van der Waals surface area contributed by atoms with E-state index in [9.17, 15) is 24.3 Å². The van der Waals surface area contributed by atoms with E-state index >= 15 is 0 Å². The summed E-state index contributed by atoms with van der Waals surface area (Å²) in [5.41, 5.74) is 4.09. The van der Waals surface area contributed by atoms with Gasteiger partial charge in [0.05, 0.1) is 28.9 Å². The van der Waals surface area contributed by atoms with E-state index < -0.39 is 17.9 Å². The van der Waals surface area contributed by atoms with Crippen molar-refractivity contribution < 1.29 is 29.0 Å². The number of aromatic carboxylic acids is 1. The SMILES string of the molecule is Cc1c(O[C@@H](C)[C@H]2CCN[C@@H]2[C@@H](C=O)Nc2cccc3c([C@@H]4CCC(=O)NC4=O)nn(C)c23)cccc1-c1cccnc1C(=O)O. The number of hydrogen-bond donors (Lipinski definition) is 4. The Morgan fingerprint density at radius 2 is 1.91 bits per heavy atom. The lowest BCUT2D eigenvalue weighted by Crippen LogP contribution is -2.48. The number of aryl methyl sites for hydroxylation is 1. The topological polar surface area (TPSA) is 165 Å². The van der Waals surface area contributed by atoms with E-state index in [1.54, 1.807) is 23.9 Å². The van der Waals surface area contributed by atoms with Crippen molar-refractivity contribution in [2.24, 2.45) is 13.0 Å². The van der Waals surface area contributed by atoms with Crippen LogP contribution in [0.25, 0.3) is 22.0 Å². The number of pyridine rings is 1. The van der Waals surface area contributed by atoms with Gasteiger partial charge in [0, 0.05) is 42.6 Å². The first-order chi connectivity index (χ1) is 22.2. The third kappa shape index (κ3) is 5.71. The lowest BCUT2D eigenvalue weighted by atomic mass is 9.90. The van der Waals surface area contributed by atoms with E-state index in [0.29, 0.717) is 35.7 Å². The normalized spacial score (nSPS) is 21.1. The van der Waals surface area contributed by atoms with Crippen molar-refractivity contribution in [1.82, 2.24) is 25.4 Å². The Labute approximate surface area is 265 Å². The zero-order valence-electron chi connectivity index (χ0n) is 25.8. The molecule has 4 heterocycles. The molecule has 0 aliphatic carbocycles. The standard InChI is InChI=1S/C34H36N6O6/c1-18-20(22-9-6-15-35-31(22)34(44)45)7-5-11-27(18)46-19(2)21-14-16-36-30(21)26(17-41)37-25-10-4-8-23-29(39-40(3)32(23)25)24-12-13-28(42)38-33(24)43/h4-11,15,17,19,21,24,26,30,36-37H,12-14,16H2,1-3H3,(H,44,45)(H,38,42,43)/t19-,21+,24-,26+,30-/m0/s1. The summed E-state index contributed by atoms with van der Waals surface area (Å²) in [4.78, 5) is 52.8. The molecule has 4 N–H and O–H groups in total. The minimum absolute atomic E-state index is 0.0245. The number of fused-ring (bicyclic) bond motifs is 1. The number of carboxylic acid groups (broad SMARTS) is 1. The van der Waals surface area contributed by atoms with Gasteiger partial charge in [-0.15, -0.1) is 0 Å². The number of piperidine rings is 1. The van der Waals surface area contributed by atoms with Crippen LogP contribution in [0.3, 0.4) is 0 Å². The Bertz CT molecular complexity index is 1840. The maximum Gasteiger partial charge on any atom is 0.355 e. The first kappa shape index (κ1) is 30.9. The third-order valence-corrected chi connectivity index (χ3v) is 9.14. The maximum absolute atomic E-state index is 12.6. The number of imide groups is 1. The molecule has 238 valence electrons. The summed E-state index contributed by atoms with van der Waals surface area (Å²) in [6.07, 6.45) is 3.52. The van der Waals surface area contributed by atoms with Crippen LogP contribution >= 0.6 is 0 Å². The number of anilines is 1. The number of aromatic nitrogens is 3. The predicted octanol–water partition coefficient (Wildman–Crippen LogP) is 3.59. The second-order valence-corrected chi connectivity index (χ2v) is 11.9. The lowest BCUT2D eigenvalue weighted by Gasteiger charge is -2.31. The lowest BCUT2D eigenvalue weighted by molar-refractivity contribution is -0.134. The Hall–Kier alpha value is -5.10. The van der Waals surface area contributed by atoms with Crippen LogP contribution in [0, 0.1) is 12.8 Å². The number of benzene rings is 2. The Morgan fingerprint density at radius 1 is 1.13 bits per heavy atom. The van der Waals surface area contributed by atoms with Gasteiger partial charge in [-0.3, -0.25) is 19.6 Å². The number of hydrogen-bond acceptors (Lipinski definition) is 9. The molecule has 2 amide bonds. The van der Waals surface area contributed by atoms with Gasteiger partial charge >= 0.3 is 5.97 Å². The highest BCUT2D eigenvalue weighted by Gasteiger charge is 2.39. The van der Waals surface area contributed by atoms with Crippen LogP contribution in [-0.2, 0) is 21.4 Å². The van der Waals surface area contributed by atoms with Crippen molar-refractivity contribution in [1.29, 1.82) is 0 Å². The zero-order chi connectivity index (χ0) is 32.5. The molecule has 4 aromatic rings. The minimum atomic E-state index is -1.10. The van der Waals surface area contributed by atoms with Crippen LogP contribution in [0.1, 0.15) is 53.8 Å². The van der Waals surface area contributed by atoms with E-state index in [1.807, 2.05) is 50.2 Å². The predicted molar refractivity (Wildman–Crippen MR) is 171 cm³/mol. The van der Waals surface area contributed by atoms with Gasteiger partial charge in [0.25, 0.3) is 0 Å². The average molecular weight is 625 g/mol. The second kappa shape index (κ2) is 12.7. The highest BCUT2D eigenvalue weighted by molar-refractivity contribution is 6.03. The fraction of sp³-hybridized carbons (Fsp3) is 0.353. The van der Waals surface area contributed by atoms with Crippen molar-refractivity contribution in [2.45, 2.75) is 57.2 Å². The third-order valence-electron chi connectivity index (χ3n) is 9.14. The molecular formula is C34H36N6O6. The quantitative estimate of drug-likeness (QED) is 0.151. The van der Waals surface area contributed by atoms with Crippen molar-refractivity contribution >= 4 is 40.7 Å².